The minimum absolute atomic E-state index is 0.108. The first-order valence-electron chi connectivity index (χ1n) is 8.55. The molecule has 3 atom stereocenters. The van der Waals surface area contributed by atoms with Crippen LogP contribution in [-0.2, 0) is 9.53 Å². The SMILES string of the molecule is O=C(O)C(F)(F)F.O=C(c1cscn1)N1C[C@@H]2CN(C3CCOC3)C[C@@H]2C1. The molecule has 7 nitrogen and oxygen atoms in total. The molecule has 3 aliphatic heterocycles. The molecule has 27 heavy (non-hydrogen) atoms. The molecule has 1 amide bonds. The summed E-state index contributed by atoms with van der Waals surface area (Å²) in [5.41, 5.74) is 2.34. The molecule has 11 heteroatoms. The molecule has 4 heterocycles. The first kappa shape index (κ1) is 20.0. The number of hydrogen-bond acceptors (Lipinski definition) is 6. The average molecular weight is 407 g/mol. The number of thiazole rings is 1. The van der Waals surface area contributed by atoms with E-state index in [4.69, 9.17) is 14.6 Å². The van der Waals surface area contributed by atoms with E-state index in [9.17, 15) is 18.0 Å². The second kappa shape index (κ2) is 8.11. The van der Waals surface area contributed by atoms with Crippen LogP contribution in [0, 0.1) is 11.8 Å². The zero-order valence-corrected chi connectivity index (χ0v) is 15.2. The molecule has 3 aliphatic rings. The summed E-state index contributed by atoms with van der Waals surface area (Å²) >= 11 is 1.48. The number of hydrogen-bond donors (Lipinski definition) is 1. The van der Waals surface area contributed by atoms with Gasteiger partial charge in [-0.25, -0.2) is 9.78 Å². The number of nitrogens with zero attached hydrogens (tertiary/aromatic N) is 3. The smallest absolute Gasteiger partial charge is 0.475 e. The third-order valence-corrected chi connectivity index (χ3v) is 5.70. The molecule has 0 aromatic carbocycles. The van der Waals surface area contributed by atoms with Crippen LogP contribution in [-0.4, -0.2) is 83.4 Å². The van der Waals surface area contributed by atoms with Crippen LogP contribution < -0.4 is 0 Å². The third kappa shape index (κ3) is 4.77. The molecule has 4 rings (SSSR count). The number of ether oxygens (including phenoxy) is 1. The van der Waals surface area contributed by atoms with Gasteiger partial charge in [-0.3, -0.25) is 9.69 Å². The van der Waals surface area contributed by atoms with E-state index in [1.165, 1.54) is 17.8 Å². The molecule has 0 aliphatic carbocycles. The molecule has 0 radical (unpaired) electrons. The number of fused-ring (bicyclic) bond motifs is 1. The Balaban J connectivity index is 0.000000260. The molecule has 3 fully saturated rings. The minimum atomic E-state index is -5.08. The van der Waals surface area contributed by atoms with Crippen molar-refractivity contribution in [2.75, 3.05) is 39.4 Å². The van der Waals surface area contributed by atoms with Crippen LogP contribution in [0.5, 0.6) is 0 Å². The van der Waals surface area contributed by atoms with E-state index < -0.39 is 12.1 Å². The molecule has 3 saturated heterocycles. The lowest BCUT2D eigenvalue weighted by Crippen LogP contribution is -2.38. The number of carboxylic acids is 1. The van der Waals surface area contributed by atoms with E-state index in [0.29, 0.717) is 23.6 Å². The normalized spacial score (nSPS) is 28.0. The van der Waals surface area contributed by atoms with Crippen LogP contribution >= 0.6 is 11.3 Å². The topological polar surface area (TPSA) is 83.0 Å². The van der Waals surface area contributed by atoms with Gasteiger partial charge in [0.1, 0.15) is 5.69 Å². The van der Waals surface area contributed by atoms with Gasteiger partial charge in [-0.1, -0.05) is 0 Å². The van der Waals surface area contributed by atoms with Crippen molar-refractivity contribution in [2.45, 2.75) is 18.6 Å². The monoisotopic (exact) mass is 407 g/mol. The Morgan fingerprint density at radius 1 is 1.22 bits per heavy atom. The Morgan fingerprint density at radius 2 is 1.85 bits per heavy atom. The van der Waals surface area contributed by atoms with Gasteiger partial charge >= 0.3 is 12.1 Å². The van der Waals surface area contributed by atoms with Crippen LogP contribution in [0.1, 0.15) is 16.9 Å². The maximum atomic E-state index is 12.3. The summed E-state index contributed by atoms with van der Waals surface area (Å²) in [4.78, 5) is 29.9. The molecule has 1 unspecified atom stereocenters. The third-order valence-electron chi connectivity index (χ3n) is 5.12. The second-order valence-electron chi connectivity index (χ2n) is 6.88. The van der Waals surface area contributed by atoms with Crippen LogP contribution in [0.25, 0.3) is 0 Å². The van der Waals surface area contributed by atoms with Gasteiger partial charge in [-0.2, -0.15) is 13.2 Å². The molecule has 0 saturated carbocycles. The van der Waals surface area contributed by atoms with Gasteiger partial charge in [0.2, 0.25) is 0 Å². The minimum Gasteiger partial charge on any atom is -0.475 e. The molecular formula is C16H20F3N3O4S. The fourth-order valence-corrected chi connectivity index (χ4v) is 4.31. The summed E-state index contributed by atoms with van der Waals surface area (Å²) in [6.45, 7) is 5.83. The maximum Gasteiger partial charge on any atom is 0.490 e. The van der Waals surface area contributed by atoms with Crippen LogP contribution in [0.4, 0.5) is 13.2 Å². The number of aliphatic carboxylic acids is 1. The van der Waals surface area contributed by atoms with Crippen LogP contribution in [0.15, 0.2) is 10.9 Å². The van der Waals surface area contributed by atoms with E-state index in [-0.39, 0.29) is 5.91 Å². The van der Waals surface area contributed by atoms with Crippen LogP contribution in [0.2, 0.25) is 0 Å². The number of rotatable bonds is 2. The number of carboxylic acid groups (broad SMARTS) is 1. The molecule has 1 aromatic rings. The Kier molecular flexibility index (Phi) is 6.02. The van der Waals surface area contributed by atoms with Crippen LogP contribution in [0.3, 0.4) is 0 Å². The van der Waals surface area contributed by atoms with Gasteiger partial charge < -0.3 is 14.7 Å². The summed E-state index contributed by atoms with van der Waals surface area (Å²) in [5, 5.41) is 8.97. The number of halogens is 3. The Morgan fingerprint density at radius 3 is 2.30 bits per heavy atom. The van der Waals surface area contributed by atoms with Gasteiger partial charge in [-0.15, -0.1) is 11.3 Å². The Bertz CT molecular complexity index is 650. The highest BCUT2D eigenvalue weighted by molar-refractivity contribution is 7.07. The highest BCUT2D eigenvalue weighted by Crippen LogP contribution is 2.34. The maximum absolute atomic E-state index is 12.3. The molecule has 150 valence electrons. The second-order valence-corrected chi connectivity index (χ2v) is 7.60. The molecule has 0 bridgehead atoms. The van der Waals surface area contributed by atoms with E-state index in [1.54, 1.807) is 5.51 Å². The zero-order chi connectivity index (χ0) is 19.6. The number of aromatic nitrogens is 1. The molecule has 1 N–H and O–H groups in total. The van der Waals surface area contributed by atoms with Crippen molar-refractivity contribution < 1.29 is 32.6 Å². The van der Waals surface area contributed by atoms with Crippen molar-refractivity contribution in [3.8, 4) is 0 Å². The standard InChI is InChI=1S/C14H19N3O2S.C2HF3O2/c18-14(13-8-20-9-15-13)17-5-10-3-16(4-11(10)6-17)12-1-2-19-7-12;3-2(4,5)1(6)7/h8-12H,1-7H2;(H,6,7)/t10-,11+,12?;. The predicted molar refractivity (Wildman–Crippen MR) is 89.5 cm³/mol. The first-order chi connectivity index (χ1) is 12.8. The highest BCUT2D eigenvalue weighted by atomic mass is 32.1. The number of amides is 1. The lowest BCUT2D eigenvalue weighted by atomic mass is 10.0. The van der Waals surface area contributed by atoms with Gasteiger partial charge in [0.05, 0.1) is 12.1 Å². The zero-order valence-electron chi connectivity index (χ0n) is 14.4. The fraction of sp³-hybridized carbons (Fsp3) is 0.688. The van der Waals surface area contributed by atoms with Crippen molar-refractivity contribution >= 4 is 23.2 Å². The van der Waals surface area contributed by atoms with E-state index >= 15 is 0 Å². The Labute approximate surface area is 157 Å². The first-order valence-corrected chi connectivity index (χ1v) is 9.49. The van der Waals surface area contributed by atoms with Crippen molar-refractivity contribution in [1.82, 2.24) is 14.8 Å². The predicted octanol–water partition coefficient (Wildman–Crippen LogP) is 1.57. The lowest BCUT2D eigenvalue weighted by molar-refractivity contribution is -0.192. The quantitative estimate of drug-likeness (QED) is 0.802. The van der Waals surface area contributed by atoms with Crippen molar-refractivity contribution in [3.63, 3.8) is 0 Å². The molecule has 0 spiro atoms. The summed E-state index contributed by atoms with van der Waals surface area (Å²) in [6, 6.07) is 0.614. The molecular weight excluding hydrogens is 387 g/mol. The van der Waals surface area contributed by atoms with E-state index in [1.807, 2.05) is 10.3 Å². The number of likely N-dealkylation sites (tertiary alicyclic amines) is 2. The van der Waals surface area contributed by atoms with Gasteiger partial charge in [-0.05, 0) is 18.3 Å². The number of carbonyl (C=O) groups excluding carboxylic acids is 1. The summed E-state index contributed by atoms with van der Waals surface area (Å²) in [7, 11) is 0. The highest BCUT2D eigenvalue weighted by Gasteiger charge is 2.44. The van der Waals surface area contributed by atoms with E-state index in [0.717, 1.165) is 39.4 Å². The van der Waals surface area contributed by atoms with Gasteiger partial charge in [0.25, 0.3) is 5.91 Å². The van der Waals surface area contributed by atoms with E-state index in [2.05, 4.69) is 9.88 Å². The van der Waals surface area contributed by atoms with Crippen molar-refractivity contribution in [3.05, 3.63) is 16.6 Å². The van der Waals surface area contributed by atoms with Crippen molar-refractivity contribution in [2.24, 2.45) is 11.8 Å². The summed E-state index contributed by atoms with van der Waals surface area (Å²) in [6.07, 6.45) is -3.92. The lowest BCUT2D eigenvalue weighted by Gasteiger charge is -2.25. The summed E-state index contributed by atoms with van der Waals surface area (Å²) < 4.78 is 37.2. The van der Waals surface area contributed by atoms with Crippen molar-refractivity contribution in [1.29, 1.82) is 0 Å². The largest absolute Gasteiger partial charge is 0.490 e. The fourth-order valence-electron chi connectivity index (χ4n) is 3.78. The number of alkyl halides is 3. The molecule has 1 aromatic heterocycles. The average Bonchev–Trinajstić information content (AvgIpc) is 3.36. The van der Waals surface area contributed by atoms with Gasteiger partial charge in [0, 0.05) is 44.2 Å². The van der Waals surface area contributed by atoms with Gasteiger partial charge in [0.15, 0.2) is 0 Å². The Hall–Kier alpha value is -1.72. The number of carbonyl (C=O) groups is 2. The summed E-state index contributed by atoms with van der Waals surface area (Å²) in [5.74, 6) is -1.37.